The largest absolute Gasteiger partial charge is 0.463 e. The van der Waals surface area contributed by atoms with Crippen LogP contribution in [0.5, 0.6) is 0 Å². The molecule has 2 unspecified atom stereocenters. The van der Waals surface area contributed by atoms with Crippen LogP contribution in [0.3, 0.4) is 0 Å². The van der Waals surface area contributed by atoms with Crippen LogP contribution in [0.25, 0.3) is 0 Å². The van der Waals surface area contributed by atoms with Gasteiger partial charge in [0.15, 0.2) is 0 Å². The van der Waals surface area contributed by atoms with Crippen molar-refractivity contribution in [2.75, 3.05) is 13.2 Å². The molecule has 1 aliphatic carbocycles. The van der Waals surface area contributed by atoms with E-state index in [4.69, 9.17) is 14.6 Å². The first-order valence-corrected chi connectivity index (χ1v) is 9.53. The second-order valence-electron chi connectivity index (χ2n) is 7.36. The molecule has 2 aliphatic rings. The Morgan fingerprint density at radius 3 is 2.44 bits per heavy atom. The van der Waals surface area contributed by atoms with Gasteiger partial charge < -0.3 is 14.6 Å². The molecule has 0 radical (unpaired) electrons. The molecule has 0 spiro atoms. The summed E-state index contributed by atoms with van der Waals surface area (Å²) in [6, 6.07) is 8.60. The molecule has 1 saturated carbocycles. The van der Waals surface area contributed by atoms with Crippen molar-refractivity contribution in [2.45, 2.75) is 71.0 Å². The summed E-state index contributed by atoms with van der Waals surface area (Å²) in [5, 5.41) is 8.73. The van der Waals surface area contributed by atoms with Gasteiger partial charge in [0.05, 0.1) is 25.2 Å². The normalized spacial score (nSPS) is 25.2. The van der Waals surface area contributed by atoms with Crippen molar-refractivity contribution in [3.63, 3.8) is 0 Å². The van der Waals surface area contributed by atoms with E-state index >= 15 is 0 Å². The molecule has 4 nitrogen and oxygen atoms in total. The van der Waals surface area contributed by atoms with Gasteiger partial charge in [-0.3, -0.25) is 4.79 Å². The maximum atomic E-state index is 11.4. The summed E-state index contributed by atoms with van der Waals surface area (Å²) in [4.78, 5) is 11.4. The van der Waals surface area contributed by atoms with Gasteiger partial charge in [-0.2, -0.15) is 0 Å². The lowest BCUT2D eigenvalue weighted by Crippen LogP contribution is -2.20. The molecule has 2 atom stereocenters. The van der Waals surface area contributed by atoms with E-state index in [9.17, 15) is 4.79 Å². The molecule has 1 heterocycles. The average molecular weight is 348 g/mol. The Balaban J connectivity index is 0.000000316. The minimum Gasteiger partial charge on any atom is -0.463 e. The third kappa shape index (κ3) is 8.02. The van der Waals surface area contributed by atoms with Crippen LogP contribution < -0.4 is 0 Å². The molecule has 4 heteroatoms. The van der Waals surface area contributed by atoms with E-state index in [1.165, 1.54) is 24.0 Å². The molecule has 1 aromatic rings. The maximum Gasteiger partial charge on any atom is 0.308 e. The number of benzene rings is 1. The fourth-order valence-electron chi connectivity index (χ4n) is 3.38. The number of esters is 1. The van der Waals surface area contributed by atoms with E-state index in [-0.39, 0.29) is 18.2 Å². The number of hydrogen-bond donors (Lipinski definition) is 1. The van der Waals surface area contributed by atoms with E-state index in [1.54, 1.807) is 0 Å². The van der Waals surface area contributed by atoms with Crippen LogP contribution >= 0.6 is 0 Å². The van der Waals surface area contributed by atoms with Crippen LogP contribution in [0, 0.1) is 12.8 Å². The molecule has 25 heavy (non-hydrogen) atoms. The molecule has 2 fully saturated rings. The third-order valence-electron chi connectivity index (χ3n) is 4.77. The lowest BCUT2D eigenvalue weighted by Gasteiger charge is -2.19. The number of ether oxygens (including phenoxy) is 2. The fraction of sp³-hybridized carbons (Fsp3) is 0.667. The number of hydrogen-bond acceptors (Lipinski definition) is 4. The Morgan fingerprint density at radius 2 is 1.84 bits per heavy atom. The van der Waals surface area contributed by atoms with Gasteiger partial charge in [0.2, 0.25) is 0 Å². The van der Waals surface area contributed by atoms with E-state index in [2.05, 4.69) is 31.2 Å². The van der Waals surface area contributed by atoms with Crippen LogP contribution in [0.15, 0.2) is 24.3 Å². The van der Waals surface area contributed by atoms with Crippen molar-refractivity contribution in [2.24, 2.45) is 5.92 Å². The molecule has 1 N–H and O–H groups in total. The minimum absolute atomic E-state index is 0.0235. The highest BCUT2D eigenvalue weighted by Gasteiger charge is 2.19. The smallest absolute Gasteiger partial charge is 0.308 e. The summed E-state index contributed by atoms with van der Waals surface area (Å²) in [6.07, 6.45) is 6.78. The molecule has 3 rings (SSSR count). The summed E-state index contributed by atoms with van der Waals surface area (Å²) in [6.45, 7) is 5.23. The Hall–Kier alpha value is -1.39. The van der Waals surface area contributed by atoms with Crippen molar-refractivity contribution in [3.8, 4) is 0 Å². The van der Waals surface area contributed by atoms with E-state index in [0.717, 1.165) is 25.7 Å². The number of carbonyl (C=O) groups is 1. The first-order chi connectivity index (χ1) is 12.0. The van der Waals surface area contributed by atoms with Gasteiger partial charge in [-0.1, -0.05) is 42.7 Å². The topological polar surface area (TPSA) is 55.8 Å². The Bertz CT molecular complexity index is 505. The number of aliphatic hydroxyl groups excluding tert-OH is 1. The molecule has 0 bridgehead atoms. The summed E-state index contributed by atoms with van der Waals surface area (Å²) in [7, 11) is 0. The minimum atomic E-state index is -0.150. The van der Waals surface area contributed by atoms with E-state index in [1.807, 2.05) is 6.92 Å². The molecule has 1 aromatic carbocycles. The predicted octanol–water partition coefficient (Wildman–Crippen LogP) is 3.82. The van der Waals surface area contributed by atoms with Gasteiger partial charge >= 0.3 is 5.97 Å². The van der Waals surface area contributed by atoms with Gasteiger partial charge in [-0.25, -0.2) is 0 Å². The first kappa shape index (κ1) is 19.9. The van der Waals surface area contributed by atoms with Crippen LogP contribution in [-0.2, 0) is 20.7 Å². The Morgan fingerprint density at radius 1 is 1.16 bits per heavy atom. The highest BCUT2D eigenvalue weighted by atomic mass is 16.5. The lowest BCUT2D eigenvalue weighted by molar-refractivity contribution is -0.148. The highest BCUT2D eigenvalue weighted by Crippen LogP contribution is 2.19. The number of carbonyl (C=O) groups excluding carboxylic acids is 1. The lowest BCUT2D eigenvalue weighted by atomic mass is 9.94. The third-order valence-corrected chi connectivity index (χ3v) is 4.77. The van der Waals surface area contributed by atoms with E-state index < -0.39 is 0 Å². The molecular weight excluding hydrogens is 316 g/mol. The molecule has 1 saturated heterocycles. The number of aliphatic hydroxyl groups is 1. The zero-order valence-electron chi connectivity index (χ0n) is 15.6. The number of cyclic esters (lactones) is 1. The van der Waals surface area contributed by atoms with Crippen molar-refractivity contribution in [1.82, 2.24) is 0 Å². The average Bonchev–Trinajstić information content (AvgIpc) is 3.06. The van der Waals surface area contributed by atoms with Gasteiger partial charge in [0, 0.05) is 6.61 Å². The summed E-state index contributed by atoms with van der Waals surface area (Å²) < 4.78 is 10.9. The Labute approximate surface area is 151 Å². The molecular formula is C21H32O4. The quantitative estimate of drug-likeness (QED) is 0.826. The van der Waals surface area contributed by atoms with Crippen molar-refractivity contribution in [3.05, 3.63) is 35.4 Å². The van der Waals surface area contributed by atoms with Crippen molar-refractivity contribution < 1.29 is 19.4 Å². The standard InChI is InChI=1S/C16H22O3.C5H10O/c1-12-3-5-14(6-4-12)10-15-9-13(2)19-16(17)7-8-18-11-15;6-5-3-1-2-4-5/h3-6,13,15H,7-11H2,1-2H3;5-6H,1-4H2. The van der Waals surface area contributed by atoms with Crippen molar-refractivity contribution >= 4 is 5.97 Å². The SMILES string of the molecule is Cc1ccc(CC2COCCC(=O)OC(C)C2)cc1.OC1CCCC1. The van der Waals surface area contributed by atoms with Gasteiger partial charge in [-0.05, 0) is 51.0 Å². The zero-order chi connectivity index (χ0) is 18.1. The summed E-state index contributed by atoms with van der Waals surface area (Å²) in [5.41, 5.74) is 2.59. The molecule has 0 aromatic heterocycles. The zero-order valence-corrected chi connectivity index (χ0v) is 15.6. The second-order valence-corrected chi connectivity index (χ2v) is 7.36. The summed E-state index contributed by atoms with van der Waals surface area (Å²) >= 11 is 0. The van der Waals surface area contributed by atoms with Crippen molar-refractivity contribution in [1.29, 1.82) is 0 Å². The van der Waals surface area contributed by atoms with Gasteiger partial charge in [0.1, 0.15) is 0 Å². The predicted molar refractivity (Wildman–Crippen MR) is 98.5 cm³/mol. The maximum absolute atomic E-state index is 11.4. The number of rotatable bonds is 2. The monoisotopic (exact) mass is 348 g/mol. The van der Waals surface area contributed by atoms with Crippen LogP contribution in [0.1, 0.15) is 56.6 Å². The van der Waals surface area contributed by atoms with Gasteiger partial charge in [0.25, 0.3) is 0 Å². The second kappa shape index (κ2) is 10.6. The summed E-state index contributed by atoms with van der Waals surface area (Å²) in [5.74, 6) is 0.257. The molecule has 1 aliphatic heterocycles. The van der Waals surface area contributed by atoms with Crippen LogP contribution in [0.2, 0.25) is 0 Å². The first-order valence-electron chi connectivity index (χ1n) is 9.53. The Kier molecular flexibility index (Phi) is 8.42. The fourth-order valence-corrected chi connectivity index (χ4v) is 3.38. The molecule has 140 valence electrons. The molecule has 0 amide bonds. The number of aryl methyl sites for hydroxylation is 1. The van der Waals surface area contributed by atoms with Crippen LogP contribution in [0.4, 0.5) is 0 Å². The van der Waals surface area contributed by atoms with Crippen LogP contribution in [-0.4, -0.2) is 36.5 Å². The highest BCUT2D eigenvalue weighted by molar-refractivity contribution is 5.69. The van der Waals surface area contributed by atoms with Gasteiger partial charge in [-0.15, -0.1) is 0 Å². The van der Waals surface area contributed by atoms with E-state index in [0.29, 0.717) is 25.6 Å².